The second kappa shape index (κ2) is 64.2. The quantitative estimate of drug-likeness (QED) is 0.0261. The van der Waals surface area contributed by atoms with Crippen molar-refractivity contribution in [3.05, 3.63) is 36.5 Å². The van der Waals surface area contributed by atoms with Crippen molar-refractivity contribution in [1.29, 1.82) is 0 Å². The SMILES string of the molecule is CCCCCCC/C=C\C/C=C\C/C=C\CCCCCCCCCCCCCCCCC(=O)OCC(COC(=O)CCCCCCCCCCCC)OC(=O)CCCCCCCCCCCCCCCCCCCC. The van der Waals surface area contributed by atoms with Crippen molar-refractivity contribution in [2.75, 3.05) is 13.2 Å². The van der Waals surface area contributed by atoms with Crippen molar-refractivity contribution in [3.8, 4) is 0 Å². The Balaban J connectivity index is 4.13. The molecule has 0 spiro atoms. The zero-order valence-corrected chi connectivity index (χ0v) is 50.6. The van der Waals surface area contributed by atoms with Crippen LogP contribution < -0.4 is 0 Å². The van der Waals surface area contributed by atoms with Gasteiger partial charge in [0.05, 0.1) is 0 Å². The first-order chi connectivity index (χ1) is 37.0. The molecule has 0 fully saturated rings. The molecule has 0 aromatic carbocycles. The Morgan fingerprint density at radius 3 is 0.747 bits per heavy atom. The van der Waals surface area contributed by atoms with Gasteiger partial charge >= 0.3 is 17.9 Å². The van der Waals surface area contributed by atoms with Gasteiger partial charge in [-0.15, -0.1) is 0 Å². The van der Waals surface area contributed by atoms with Crippen molar-refractivity contribution in [3.63, 3.8) is 0 Å². The van der Waals surface area contributed by atoms with Crippen LogP contribution >= 0.6 is 0 Å². The molecule has 0 aromatic heterocycles. The third-order valence-corrected chi connectivity index (χ3v) is 15.1. The van der Waals surface area contributed by atoms with Crippen LogP contribution in [0.5, 0.6) is 0 Å². The molecule has 0 aliphatic rings. The molecule has 0 saturated heterocycles. The Morgan fingerprint density at radius 2 is 0.480 bits per heavy atom. The molecule has 0 rings (SSSR count). The van der Waals surface area contributed by atoms with Gasteiger partial charge in [-0.2, -0.15) is 0 Å². The third-order valence-electron chi connectivity index (χ3n) is 15.1. The predicted octanol–water partition coefficient (Wildman–Crippen LogP) is 22.8. The number of unbranched alkanes of at least 4 members (excludes halogenated alkanes) is 45. The van der Waals surface area contributed by atoms with Gasteiger partial charge in [-0.3, -0.25) is 14.4 Å². The van der Waals surface area contributed by atoms with E-state index in [1.165, 1.54) is 257 Å². The van der Waals surface area contributed by atoms with Crippen molar-refractivity contribution in [2.24, 2.45) is 0 Å². The molecule has 0 aliphatic carbocycles. The summed E-state index contributed by atoms with van der Waals surface area (Å²) in [5.74, 6) is -0.842. The van der Waals surface area contributed by atoms with Gasteiger partial charge < -0.3 is 14.2 Å². The fourth-order valence-corrected chi connectivity index (χ4v) is 10.1. The number of hydrogen-bond acceptors (Lipinski definition) is 6. The maximum Gasteiger partial charge on any atom is 0.306 e. The second-order valence-electron chi connectivity index (χ2n) is 22.7. The van der Waals surface area contributed by atoms with E-state index in [-0.39, 0.29) is 31.1 Å². The van der Waals surface area contributed by atoms with Gasteiger partial charge in [-0.1, -0.05) is 327 Å². The highest BCUT2D eigenvalue weighted by molar-refractivity contribution is 5.71. The van der Waals surface area contributed by atoms with E-state index in [0.717, 1.165) is 70.6 Å². The summed E-state index contributed by atoms with van der Waals surface area (Å²) in [6, 6.07) is 0. The van der Waals surface area contributed by atoms with Gasteiger partial charge in [0.1, 0.15) is 13.2 Å². The molecule has 75 heavy (non-hydrogen) atoms. The minimum Gasteiger partial charge on any atom is -0.462 e. The normalized spacial score (nSPS) is 12.2. The summed E-state index contributed by atoms with van der Waals surface area (Å²) in [5, 5.41) is 0. The average Bonchev–Trinajstić information content (AvgIpc) is 3.41. The lowest BCUT2D eigenvalue weighted by atomic mass is 10.0. The predicted molar refractivity (Wildman–Crippen MR) is 326 cm³/mol. The van der Waals surface area contributed by atoms with Crippen LogP contribution in [0.2, 0.25) is 0 Å². The van der Waals surface area contributed by atoms with E-state index < -0.39 is 6.10 Å². The lowest BCUT2D eigenvalue weighted by Crippen LogP contribution is -2.30. The molecule has 6 nitrogen and oxygen atoms in total. The van der Waals surface area contributed by atoms with Crippen molar-refractivity contribution < 1.29 is 28.6 Å². The van der Waals surface area contributed by atoms with Crippen LogP contribution in [0, 0.1) is 0 Å². The minimum absolute atomic E-state index is 0.0659. The smallest absolute Gasteiger partial charge is 0.306 e. The number of carbonyl (C=O) groups is 3. The van der Waals surface area contributed by atoms with Gasteiger partial charge in [-0.05, 0) is 57.8 Å². The van der Waals surface area contributed by atoms with Crippen molar-refractivity contribution in [2.45, 2.75) is 374 Å². The first-order valence-corrected chi connectivity index (χ1v) is 33.5. The maximum atomic E-state index is 12.9. The summed E-state index contributed by atoms with van der Waals surface area (Å²) in [6.07, 6.45) is 78.8. The summed E-state index contributed by atoms with van der Waals surface area (Å²) in [7, 11) is 0. The van der Waals surface area contributed by atoms with Gasteiger partial charge in [-0.25, -0.2) is 0 Å². The molecular formula is C69H128O6. The molecule has 440 valence electrons. The van der Waals surface area contributed by atoms with Crippen LogP contribution in [0.1, 0.15) is 367 Å². The highest BCUT2D eigenvalue weighted by atomic mass is 16.6. The standard InChI is InChI=1S/C69H128O6/c1-4-7-10-13-16-19-22-24-26-28-30-31-32-33-34-35-36-37-38-39-40-42-43-45-47-50-53-56-59-62-68(71)74-65-66(64-73-67(70)61-58-55-52-49-21-18-15-12-9-6-3)75-69(72)63-60-57-54-51-48-46-44-41-29-27-25-23-20-17-14-11-8-5-2/h22,24,28,30,32-33,66H,4-21,23,25-27,29,31,34-65H2,1-3H3/b24-22-,30-28-,33-32-. The van der Waals surface area contributed by atoms with E-state index in [1.807, 2.05) is 0 Å². The van der Waals surface area contributed by atoms with Gasteiger partial charge in [0, 0.05) is 19.3 Å². The number of hydrogen-bond donors (Lipinski definition) is 0. The Morgan fingerprint density at radius 1 is 0.267 bits per heavy atom. The van der Waals surface area contributed by atoms with E-state index >= 15 is 0 Å². The highest BCUT2D eigenvalue weighted by Gasteiger charge is 2.19. The van der Waals surface area contributed by atoms with Gasteiger partial charge in [0.2, 0.25) is 0 Å². The minimum atomic E-state index is -0.767. The average molecular weight is 1050 g/mol. The molecule has 0 aromatic rings. The van der Waals surface area contributed by atoms with Crippen LogP contribution in [0.4, 0.5) is 0 Å². The molecule has 1 unspecified atom stereocenters. The van der Waals surface area contributed by atoms with Crippen LogP contribution in [0.15, 0.2) is 36.5 Å². The number of ether oxygens (including phenoxy) is 3. The second-order valence-corrected chi connectivity index (χ2v) is 22.7. The Hall–Kier alpha value is -2.37. The molecule has 0 aliphatic heterocycles. The lowest BCUT2D eigenvalue weighted by Gasteiger charge is -2.18. The third kappa shape index (κ3) is 62.4. The first-order valence-electron chi connectivity index (χ1n) is 33.5. The molecule has 0 bridgehead atoms. The summed E-state index contributed by atoms with van der Waals surface area (Å²) in [4.78, 5) is 38.2. The fraction of sp³-hybridized carbons (Fsp3) is 0.870. The van der Waals surface area contributed by atoms with E-state index in [2.05, 4.69) is 57.2 Å². The molecule has 1 atom stereocenters. The molecule has 0 saturated carbocycles. The van der Waals surface area contributed by atoms with E-state index in [1.54, 1.807) is 0 Å². The largest absolute Gasteiger partial charge is 0.462 e. The van der Waals surface area contributed by atoms with Crippen molar-refractivity contribution in [1.82, 2.24) is 0 Å². The molecule has 0 radical (unpaired) electrons. The van der Waals surface area contributed by atoms with E-state index in [9.17, 15) is 14.4 Å². The first kappa shape index (κ1) is 72.6. The van der Waals surface area contributed by atoms with E-state index in [4.69, 9.17) is 14.2 Å². The van der Waals surface area contributed by atoms with Crippen LogP contribution in [0.3, 0.4) is 0 Å². The summed E-state index contributed by atoms with van der Waals surface area (Å²) >= 11 is 0. The Bertz CT molecular complexity index is 1250. The fourth-order valence-electron chi connectivity index (χ4n) is 10.1. The van der Waals surface area contributed by atoms with Crippen LogP contribution in [0.25, 0.3) is 0 Å². The number of allylic oxidation sites excluding steroid dienone is 6. The zero-order chi connectivity index (χ0) is 54.3. The number of carbonyl (C=O) groups excluding carboxylic acids is 3. The summed E-state index contributed by atoms with van der Waals surface area (Å²) < 4.78 is 16.9. The van der Waals surface area contributed by atoms with Gasteiger partial charge in [0.15, 0.2) is 6.10 Å². The molecular weight excluding hydrogens is 925 g/mol. The van der Waals surface area contributed by atoms with Gasteiger partial charge in [0.25, 0.3) is 0 Å². The van der Waals surface area contributed by atoms with Crippen LogP contribution in [-0.2, 0) is 28.6 Å². The highest BCUT2D eigenvalue weighted by Crippen LogP contribution is 2.18. The van der Waals surface area contributed by atoms with Crippen molar-refractivity contribution >= 4 is 17.9 Å². The monoisotopic (exact) mass is 1050 g/mol. The van der Waals surface area contributed by atoms with Crippen LogP contribution in [-0.4, -0.2) is 37.2 Å². The summed E-state index contributed by atoms with van der Waals surface area (Å²) in [5.41, 5.74) is 0. The van der Waals surface area contributed by atoms with E-state index in [0.29, 0.717) is 19.3 Å². The topological polar surface area (TPSA) is 78.9 Å². The molecule has 6 heteroatoms. The number of rotatable bonds is 62. The lowest BCUT2D eigenvalue weighted by molar-refractivity contribution is -0.167. The maximum absolute atomic E-state index is 12.9. The molecule has 0 amide bonds. The summed E-state index contributed by atoms with van der Waals surface area (Å²) in [6.45, 7) is 6.68. The number of esters is 3. The molecule has 0 N–H and O–H groups in total. The molecule has 0 heterocycles. The Labute approximate surface area is 467 Å². The Kier molecular flexibility index (Phi) is 62.1. The zero-order valence-electron chi connectivity index (χ0n) is 50.6.